The summed E-state index contributed by atoms with van der Waals surface area (Å²) in [5, 5.41) is 12.4. The van der Waals surface area contributed by atoms with Crippen LogP contribution in [0.4, 0.5) is 5.00 Å². The summed E-state index contributed by atoms with van der Waals surface area (Å²) in [6.07, 6.45) is 2.32. The number of hydrogen-bond acceptors (Lipinski definition) is 6. The Balaban J connectivity index is 2.29. The largest absolute Gasteiger partial charge is 0.493 e. The third-order valence-corrected chi connectivity index (χ3v) is 4.50. The first-order chi connectivity index (χ1) is 13.0. The zero-order chi connectivity index (χ0) is 19.8. The van der Waals surface area contributed by atoms with Crippen LogP contribution < -0.4 is 10.1 Å². The molecule has 0 atom stereocenters. The number of hydrogen-bond donors (Lipinski definition) is 1. The predicted molar refractivity (Wildman–Crippen MR) is 105 cm³/mol. The number of esters is 1. The van der Waals surface area contributed by atoms with Crippen LogP contribution >= 0.6 is 11.3 Å². The van der Waals surface area contributed by atoms with Gasteiger partial charge in [0.25, 0.3) is 5.91 Å². The fourth-order valence-electron chi connectivity index (χ4n) is 2.29. The first-order valence-electron chi connectivity index (χ1n) is 8.33. The molecule has 0 unspecified atom stereocenters. The van der Waals surface area contributed by atoms with E-state index in [9.17, 15) is 14.9 Å². The number of nitrogens with zero attached hydrogens (tertiary/aromatic N) is 1. The van der Waals surface area contributed by atoms with Crippen molar-refractivity contribution in [1.82, 2.24) is 0 Å². The van der Waals surface area contributed by atoms with Crippen molar-refractivity contribution in [3.8, 4) is 11.8 Å². The second kappa shape index (κ2) is 9.55. The highest BCUT2D eigenvalue weighted by atomic mass is 32.1. The van der Waals surface area contributed by atoms with Crippen LogP contribution in [0.3, 0.4) is 0 Å². The van der Waals surface area contributed by atoms with E-state index in [1.54, 1.807) is 24.3 Å². The number of carbonyl (C=O) groups is 2. The molecule has 2 rings (SSSR count). The Kier molecular flexibility index (Phi) is 7.15. The molecule has 0 bridgehead atoms. The lowest BCUT2D eigenvalue weighted by molar-refractivity contribution is -0.112. The molecule has 0 spiro atoms. The normalized spacial score (nSPS) is 10.8. The zero-order valence-corrected chi connectivity index (χ0v) is 16.2. The number of rotatable bonds is 7. The number of aryl methyl sites for hydroxylation is 1. The Hall–Kier alpha value is -3.11. The zero-order valence-electron chi connectivity index (χ0n) is 15.4. The third kappa shape index (κ3) is 5.19. The topological polar surface area (TPSA) is 88.4 Å². The van der Waals surface area contributed by atoms with E-state index in [1.807, 2.05) is 26.0 Å². The van der Waals surface area contributed by atoms with E-state index in [4.69, 9.17) is 9.47 Å². The molecular formula is C20H20N2O4S. The number of ether oxygens (including phenoxy) is 2. The number of nitriles is 1. The van der Waals surface area contributed by atoms with E-state index in [0.717, 1.165) is 11.3 Å². The molecule has 0 aliphatic heterocycles. The maximum absolute atomic E-state index is 12.6. The minimum absolute atomic E-state index is 0.0931. The van der Waals surface area contributed by atoms with Gasteiger partial charge in [0, 0.05) is 10.4 Å². The van der Waals surface area contributed by atoms with Crippen molar-refractivity contribution in [1.29, 1.82) is 5.26 Å². The highest BCUT2D eigenvalue weighted by Gasteiger charge is 2.19. The Bertz CT molecular complexity index is 909. The highest BCUT2D eigenvalue weighted by Crippen LogP contribution is 2.29. The molecule has 6 nitrogen and oxygen atoms in total. The fourth-order valence-corrected chi connectivity index (χ4v) is 3.18. The summed E-state index contributed by atoms with van der Waals surface area (Å²) >= 11 is 1.24. The molecule has 0 saturated heterocycles. The standard InChI is InChI=1S/C20H20N2O4S/c1-4-9-26-17-8-6-5-7-14(17)11-15(12-21)18(23)22-19-16(20(24)25-3)10-13(2)27-19/h5-8,10-11H,4,9H2,1-3H3,(H,22,23). The summed E-state index contributed by atoms with van der Waals surface area (Å²) in [7, 11) is 1.27. The van der Waals surface area contributed by atoms with Gasteiger partial charge >= 0.3 is 5.97 Å². The Labute approximate surface area is 162 Å². The summed E-state index contributed by atoms with van der Waals surface area (Å²) in [6.45, 7) is 4.35. The predicted octanol–water partition coefficient (Wildman–Crippen LogP) is 4.18. The lowest BCUT2D eigenvalue weighted by Crippen LogP contribution is -2.15. The average Bonchev–Trinajstić information content (AvgIpc) is 3.04. The van der Waals surface area contributed by atoms with Crippen LogP contribution in [0, 0.1) is 18.3 Å². The van der Waals surface area contributed by atoms with Crippen molar-refractivity contribution < 1.29 is 19.1 Å². The van der Waals surface area contributed by atoms with Gasteiger partial charge in [0.1, 0.15) is 22.4 Å². The molecule has 0 aliphatic carbocycles. The van der Waals surface area contributed by atoms with Crippen molar-refractivity contribution in [2.24, 2.45) is 0 Å². The van der Waals surface area contributed by atoms with Gasteiger partial charge in [0.2, 0.25) is 0 Å². The first kappa shape index (κ1) is 20.2. The summed E-state index contributed by atoms with van der Waals surface area (Å²) in [5.74, 6) is -0.549. The lowest BCUT2D eigenvalue weighted by atomic mass is 10.1. The van der Waals surface area contributed by atoms with Crippen molar-refractivity contribution in [2.45, 2.75) is 20.3 Å². The quantitative estimate of drug-likeness (QED) is 0.439. The van der Waals surface area contributed by atoms with Crippen molar-refractivity contribution in [2.75, 3.05) is 19.0 Å². The van der Waals surface area contributed by atoms with Crippen LogP contribution in [0.15, 0.2) is 35.9 Å². The van der Waals surface area contributed by atoms with E-state index in [0.29, 0.717) is 22.9 Å². The minimum Gasteiger partial charge on any atom is -0.493 e. The summed E-state index contributed by atoms with van der Waals surface area (Å²) in [4.78, 5) is 25.2. The van der Waals surface area contributed by atoms with Gasteiger partial charge < -0.3 is 14.8 Å². The number of anilines is 1. The molecule has 1 N–H and O–H groups in total. The highest BCUT2D eigenvalue weighted by molar-refractivity contribution is 7.16. The first-order valence-corrected chi connectivity index (χ1v) is 9.15. The summed E-state index contributed by atoms with van der Waals surface area (Å²) in [6, 6.07) is 10.7. The van der Waals surface area contributed by atoms with Crippen molar-refractivity contribution >= 4 is 34.3 Å². The average molecular weight is 384 g/mol. The third-order valence-electron chi connectivity index (χ3n) is 3.53. The number of para-hydroxylation sites is 1. The number of thiophene rings is 1. The van der Waals surface area contributed by atoms with Gasteiger partial charge in [-0.25, -0.2) is 4.79 Å². The van der Waals surface area contributed by atoms with E-state index in [-0.39, 0.29) is 11.1 Å². The van der Waals surface area contributed by atoms with Crippen LogP contribution in [0.1, 0.15) is 34.1 Å². The van der Waals surface area contributed by atoms with Gasteiger partial charge in [-0.1, -0.05) is 25.1 Å². The number of methoxy groups -OCH3 is 1. The van der Waals surface area contributed by atoms with Crippen LogP contribution in [0.5, 0.6) is 5.75 Å². The second-order valence-corrected chi connectivity index (χ2v) is 6.86. The van der Waals surface area contributed by atoms with Gasteiger partial charge in [-0.2, -0.15) is 5.26 Å². The van der Waals surface area contributed by atoms with Crippen LogP contribution in [0.25, 0.3) is 6.08 Å². The molecule has 0 fully saturated rings. The van der Waals surface area contributed by atoms with Gasteiger partial charge in [-0.05, 0) is 31.6 Å². The molecule has 140 valence electrons. The van der Waals surface area contributed by atoms with E-state index >= 15 is 0 Å². The molecular weight excluding hydrogens is 364 g/mol. The smallest absolute Gasteiger partial charge is 0.340 e. The molecule has 1 aromatic heterocycles. The Morgan fingerprint density at radius 1 is 1.33 bits per heavy atom. The molecule has 1 amide bonds. The molecule has 27 heavy (non-hydrogen) atoms. The molecule has 0 radical (unpaired) electrons. The molecule has 1 aromatic carbocycles. The molecule has 1 heterocycles. The number of amides is 1. The maximum Gasteiger partial charge on any atom is 0.340 e. The Morgan fingerprint density at radius 3 is 2.74 bits per heavy atom. The summed E-state index contributed by atoms with van der Waals surface area (Å²) < 4.78 is 10.4. The Morgan fingerprint density at radius 2 is 2.07 bits per heavy atom. The SMILES string of the molecule is CCCOc1ccccc1C=C(C#N)C(=O)Nc1sc(C)cc1C(=O)OC. The van der Waals surface area contributed by atoms with Gasteiger partial charge in [-0.3, -0.25) is 4.79 Å². The maximum atomic E-state index is 12.6. The monoisotopic (exact) mass is 384 g/mol. The van der Waals surface area contributed by atoms with Crippen LogP contribution in [0.2, 0.25) is 0 Å². The molecule has 7 heteroatoms. The number of carbonyl (C=O) groups excluding carboxylic acids is 2. The number of benzene rings is 1. The van der Waals surface area contributed by atoms with Gasteiger partial charge in [0.15, 0.2) is 0 Å². The fraction of sp³-hybridized carbons (Fsp3) is 0.250. The number of nitrogens with one attached hydrogen (secondary N) is 1. The van der Waals surface area contributed by atoms with E-state index < -0.39 is 11.9 Å². The minimum atomic E-state index is -0.602. The van der Waals surface area contributed by atoms with E-state index in [1.165, 1.54) is 24.5 Å². The van der Waals surface area contributed by atoms with Gasteiger partial charge in [-0.15, -0.1) is 11.3 Å². The van der Waals surface area contributed by atoms with Crippen molar-refractivity contribution in [3.05, 3.63) is 51.9 Å². The van der Waals surface area contributed by atoms with Crippen LogP contribution in [-0.4, -0.2) is 25.6 Å². The van der Waals surface area contributed by atoms with Gasteiger partial charge in [0.05, 0.1) is 19.3 Å². The molecule has 2 aromatic rings. The molecule has 0 saturated carbocycles. The summed E-state index contributed by atoms with van der Waals surface area (Å²) in [5.41, 5.74) is 0.801. The molecule has 0 aliphatic rings. The lowest BCUT2D eigenvalue weighted by Gasteiger charge is -2.09. The second-order valence-electron chi connectivity index (χ2n) is 5.60. The van der Waals surface area contributed by atoms with E-state index in [2.05, 4.69) is 5.32 Å². The van der Waals surface area contributed by atoms with Crippen LogP contribution in [-0.2, 0) is 9.53 Å². The van der Waals surface area contributed by atoms with Crippen molar-refractivity contribution in [3.63, 3.8) is 0 Å².